The molecule has 1 N–H and O–H groups in total. The Morgan fingerprint density at radius 3 is 2.32 bits per heavy atom. The Labute approximate surface area is 167 Å². The van der Waals surface area contributed by atoms with Crippen molar-refractivity contribution >= 4 is 5.69 Å². The van der Waals surface area contributed by atoms with Crippen molar-refractivity contribution in [2.24, 2.45) is 5.92 Å². The quantitative estimate of drug-likeness (QED) is 0.824. The molecule has 0 saturated carbocycles. The van der Waals surface area contributed by atoms with E-state index in [9.17, 15) is 0 Å². The molecule has 1 atom stereocenters. The van der Waals surface area contributed by atoms with Crippen molar-refractivity contribution in [3.63, 3.8) is 0 Å². The molecule has 2 aliphatic heterocycles. The van der Waals surface area contributed by atoms with Crippen molar-refractivity contribution in [3.8, 4) is 11.5 Å². The van der Waals surface area contributed by atoms with Gasteiger partial charge in [0.1, 0.15) is 13.2 Å². The normalized spacial score (nSPS) is 17.6. The van der Waals surface area contributed by atoms with Crippen LogP contribution in [0, 0.1) is 5.92 Å². The molecule has 0 spiro atoms. The molecular weight excluding hydrogens is 352 g/mol. The van der Waals surface area contributed by atoms with E-state index >= 15 is 0 Å². The maximum absolute atomic E-state index is 5.76. The zero-order valence-corrected chi connectivity index (χ0v) is 16.8. The molecular formula is C23H30N2O3. The van der Waals surface area contributed by atoms with E-state index in [1.807, 2.05) is 6.07 Å². The van der Waals surface area contributed by atoms with Crippen molar-refractivity contribution in [2.45, 2.75) is 26.4 Å². The van der Waals surface area contributed by atoms with Gasteiger partial charge in [0, 0.05) is 31.4 Å². The first-order valence-corrected chi connectivity index (χ1v) is 10.3. The van der Waals surface area contributed by atoms with E-state index in [-0.39, 0.29) is 6.04 Å². The fourth-order valence-electron chi connectivity index (χ4n) is 3.87. The topological polar surface area (TPSA) is 43.0 Å². The summed E-state index contributed by atoms with van der Waals surface area (Å²) in [6.07, 6.45) is 0. The van der Waals surface area contributed by atoms with E-state index in [0.717, 1.165) is 44.3 Å². The molecule has 5 nitrogen and oxygen atoms in total. The Bertz CT molecular complexity index is 770. The first-order valence-electron chi connectivity index (χ1n) is 10.3. The van der Waals surface area contributed by atoms with E-state index < -0.39 is 0 Å². The second kappa shape index (κ2) is 8.84. The van der Waals surface area contributed by atoms with Crippen LogP contribution in [0.3, 0.4) is 0 Å². The molecule has 2 aromatic carbocycles. The van der Waals surface area contributed by atoms with Crippen molar-refractivity contribution in [3.05, 3.63) is 53.6 Å². The molecule has 0 amide bonds. The van der Waals surface area contributed by atoms with Crippen LogP contribution in [0.4, 0.5) is 5.69 Å². The van der Waals surface area contributed by atoms with Gasteiger partial charge >= 0.3 is 0 Å². The lowest BCUT2D eigenvalue weighted by molar-refractivity contribution is 0.122. The molecule has 1 unspecified atom stereocenters. The number of nitrogens with one attached hydrogen (secondary N) is 1. The molecule has 1 saturated heterocycles. The second-order valence-electron chi connectivity index (χ2n) is 7.77. The number of hydrogen-bond donors (Lipinski definition) is 1. The molecule has 28 heavy (non-hydrogen) atoms. The van der Waals surface area contributed by atoms with E-state index in [1.165, 1.54) is 16.8 Å². The number of fused-ring (bicyclic) bond motifs is 1. The van der Waals surface area contributed by atoms with Gasteiger partial charge in [-0.1, -0.05) is 32.0 Å². The minimum absolute atomic E-state index is 0.259. The van der Waals surface area contributed by atoms with Crippen LogP contribution in [0.5, 0.6) is 11.5 Å². The zero-order chi connectivity index (χ0) is 19.3. The standard InChI is InChI=1S/C23H30N2O3/c1-17(2)23(19-5-8-21-22(15-19)28-14-13-27-21)24-16-18-3-6-20(7-4-18)25-9-11-26-12-10-25/h3-8,15,17,23-24H,9-14,16H2,1-2H3. The van der Waals surface area contributed by atoms with Gasteiger partial charge in [0.05, 0.1) is 13.2 Å². The lowest BCUT2D eigenvalue weighted by Crippen LogP contribution is -2.36. The third-order valence-corrected chi connectivity index (χ3v) is 5.43. The molecule has 150 valence electrons. The third-order valence-electron chi connectivity index (χ3n) is 5.43. The van der Waals surface area contributed by atoms with Gasteiger partial charge in [-0.05, 0) is 41.3 Å². The Morgan fingerprint density at radius 2 is 1.61 bits per heavy atom. The molecule has 0 aromatic heterocycles. The maximum atomic E-state index is 5.76. The summed E-state index contributed by atoms with van der Waals surface area (Å²) >= 11 is 0. The highest BCUT2D eigenvalue weighted by Gasteiger charge is 2.19. The van der Waals surface area contributed by atoms with Crippen LogP contribution in [0.1, 0.15) is 31.0 Å². The highest BCUT2D eigenvalue weighted by Crippen LogP contribution is 2.34. The van der Waals surface area contributed by atoms with Crippen LogP contribution in [-0.2, 0) is 11.3 Å². The molecule has 5 heteroatoms. The number of anilines is 1. The lowest BCUT2D eigenvalue weighted by Gasteiger charge is -2.29. The second-order valence-corrected chi connectivity index (χ2v) is 7.77. The predicted octanol–water partition coefficient (Wildman–Crippen LogP) is 3.78. The highest BCUT2D eigenvalue weighted by atomic mass is 16.6. The number of ether oxygens (including phenoxy) is 3. The van der Waals surface area contributed by atoms with Crippen molar-refractivity contribution in [1.82, 2.24) is 5.32 Å². The smallest absolute Gasteiger partial charge is 0.161 e. The van der Waals surface area contributed by atoms with Gasteiger partial charge in [-0.25, -0.2) is 0 Å². The van der Waals surface area contributed by atoms with Gasteiger partial charge in [0.2, 0.25) is 0 Å². The minimum Gasteiger partial charge on any atom is -0.486 e. The predicted molar refractivity (Wildman–Crippen MR) is 111 cm³/mol. The maximum Gasteiger partial charge on any atom is 0.161 e. The van der Waals surface area contributed by atoms with E-state index in [1.54, 1.807) is 0 Å². The first kappa shape index (κ1) is 19.1. The van der Waals surface area contributed by atoms with Gasteiger partial charge in [0.15, 0.2) is 11.5 Å². The van der Waals surface area contributed by atoms with E-state index in [2.05, 4.69) is 60.5 Å². The molecule has 0 bridgehead atoms. The Kier molecular flexibility index (Phi) is 6.03. The van der Waals surface area contributed by atoms with Gasteiger partial charge < -0.3 is 24.4 Å². The average Bonchev–Trinajstić information content (AvgIpc) is 2.74. The van der Waals surface area contributed by atoms with Crippen LogP contribution in [0.15, 0.2) is 42.5 Å². The van der Waals surface area contributed by atoms with Crippen LogP contribution < -0.4 is 19.7 Å². The van der Waals surface area contributed by atoms with Crippen LogP contribution >= 0.6 is 0 Å². The highest BCUT2D eigenvalue weighted by molar-refractivity contribution is 5.48. The SMILES string of the molecule is CC(C)C(NCc1ccc(N2CCOCC2)cc1)c1ccc2c(c1)OCCO2. The van der Waals surface area contributed by atoms with Gasteiger partial charge in [-0.2, -0.15) is 0 Å². The molecule has 0 radical (unpaired) electrons. The van der Waals surface area contributed by atoms with Gasteiger partial charge in [-0.3, -0.25) is 0 Å². The molecule has 2 aliphatic rings. The summed E-state index contributed by atoms with van der Waals surface area (Å²) in [5.74, 6) is 2.16. The fraction of sp³-hybridized carbons (Fsp3) is 0.478. The number of morpholine rings is 1. The Balaban J connectivity index is 1.41. The Morgan fingerprint density at radius 1 is 0.893 bits per heavy atom. The van der Waals surface area contributed by atoms with Crippen molar-refractivity contribution in [2.75, 3.05) is 44.4 Å². The largest absolute Gasteiger partial charge is 0.486 e. The molecule has 0 aliphatic carbocycles. The Hall–Kier alpha value is -2.24. The summed E-state index contributed by atoms with van der Waals surface area (Å²) in [6.45, 7) is 10.1. The lowest BCUT2D eigenvalue weighted by atomic mass is 9.95. The summed E-state index contributed by atoms with van der Waals surface area (Å²) in [6, 6.07) is 15.4. The number of rotatable bonds is 6. The number of hydrogen-bond acceptors (Lipinski definition) is 5. The van der Waals surface area contributed by atoms with Crippen LogP contribution in [-0.4, -0.2) is 39.5 Å². The summed E-state index contributed by atoms with van der Waals surface area (Å²) in [5, 5.41) is 3.73. The molecule has 4 rings (SSSR count). The summed E-state index contributed by atoms with van der Waals surface area (Å²) in [5.41, 5.74) is 3.81. The fourth-order valence-corrected chi connectivity index (χ4v) is 3.87. The first-order chi connectivity index (χ1) is 13.7. The molecule has 1 fully saturated rings. The average molecular weight is 383 g/mol. The number of nitrogens with zero attached hydrogens (tertiary/aromatic N) is 1. The molecule has 2 heterocycles. The summed E-state index contributed by atoms with van der Waals surface area (Å²) < 4.78 is 16.9. The van der Waals surface area contributed by atoms with E-state index in [0.29, 0.717) is 19.1 Å². The van der Waals surface area contributed by atoms with Gasteiger partial charge in [-0.15, -0.1) is 0 Å². The van der Waals surface area contributed by atoms with Crippen molar-refractivity contribution < 1.29 is 14.2 Å². The summed E-state index contributed by atoms with van der Waals surface area (Å²) in [7, 11) is 0. The van der Waals surface area contributed by atoms with Gasteiger partial charge in [0.25, 0.3) is 0 Å². The van der Waals surface area contributed by atoms with Crippen LogP contribution in [0.2, 0.25) is 0 Å². The van der Waals surface area contributed by atoms with Crippen molar-refractivity contribution in [1.29, 1.82) is 0 Å². The number of benzene rings is 2. The third kappa shape index (κ3) is 4.42. The van der Waals surface area contributed by atoms with E-state index in [4.69, 9.17) is 14.2 Å². The minimum atomic E-state index is 0.259. The summed E-state index contributed by atoms with van der Waals surface area (Å²) in [4.78, 5) is 2.38. The zero-order valence-electron chi connectivity index (χ0n) is 16.8. The van der Waals surface area contributed by atoms with Crippen LogP contribution in [0.25, 0.3) is 0 Å². The monoisotopic (exact) mass is 382 g/mol. The molecule has 2 aromatic rings.